The molecule has 1 heterocycles. The van der Waals surface area contributed by atoms with E-state index in [-0.39, 0.29) is 12.0 Å². The second-order valence-corrected chi connectivity index (χ2v) is 6.56. The molecule has 1 aromatic heterocycles. The average Bonchev–Trinajstić information content (AvgIpc) is 3.05. The highest BCUT2D eigenvalue weighted by Crippen LogP contribution is 2.27. The first-order valence-electron chi connectivity index (χ1n) is 9.08. The molecule has 0 atom stereocenters. The Morgan fingerprint density at radius 1 is 1.15 bits per heavy atom. The van der Waals surface area contributed by atoms with Crippen LogP contribution in [-0.2, 0) is 4.79 Å². The normalized spacial score (nSPS) is 10.9. The van der Waals surface area contributed by atoms with Crippen molar-refractivity contribution in [2.45, 2.75) is 40.2 Å². The molecule has 0 aliphatic carbocycles. The van der Waals surface area contributed by atoms with Gasteiger partial charge >= 0.3 is 6.01 Å². The van der Waals surface area contributed by atoms with Crippen molar-refractivity contribution < 1.29 is 9.53 Å². The number of carbonyl (C=O) groups excluding carboxylic acids is 1. The zero-order valence-corrected chi connectivity index (χ0v) is 16.1. The Balaban J connectivity index is 2.02. The zero-order chi connectivity index (χ0) is 19.4. The molecular formula is C21H24N4O2. The van der Waals surface area contributed by atoms with Crippen LogP contribution < -0.4 is 10.1 Å². The molecular weight excluding hydrogens is 340 g/mol. The minimum Gasteiger partial charge on any atom is -0.460 e. The SMILES string of the molecule is CCC(=O)Nc1ccc(-n2nc(OC(C)C)nc2-c2ccccc2C)cc1. The van der Waals surface area contributed by atoms with Crippen molar-refractivity contribution in [3.8, 4) is 23.1 Å². The highest BCUT2D eigenvalue weighted by atomic mass is 16.5. The fourth-order valence-corrected chi connectivity index (χ4v) is 2.67. The molecule has 0 saturated heterocycles. The molecule has 2 aromatic carbocycles. The van der Waals surface area contributed by atoms with Crippen molar-refractivity contribution in [1.82, 2.24) is 14.8 Å². The van der Waals surface area contributed by atoms with Crippen molar-refractivity contribution in [2.75, 3.05) is 5.32 Å². The van der Waals surface area contributed by atoms with Crippen molar-refractivity contribution in [1.29, 1.82) is 0 Å². The van der Waals surface area contributed by atoms with Gasteiger partial charge in [-0.25, -0.2) is 4.68 Å². The number of benzene rings is 2. The van der Waals surface area contributed by atoms with E-state index >= 15 is 0 Å². The highest BCUT2D eigenvalue weighted by Gasteiger charge is 2.17. The maximum Gasteiger partial charge on any atom is 0.336 e. The lowest BCUT2D eigenvalue weighted by Crippen LogP contribution is -2.09. The van der Waals surface area contributed by atoms with Crippen LogP contribution in [0.1, 0.15) is 32.8 Å². The summed E-state index contributed by atoms with van der Waals surface area (Å²) in [5, 5.41) is 7.39. The molecule has 27 heavy (non-hydrogen) atoms. The van der Waals surface area contributed by atoms with Crippen LogP contribution in [-0.4, -0.2) is 26.8 Å². The number of anilines is 1. The van der Waals surface area contributed by atoms with E-state index in [1.165, 1.54) is 0 Å². The zero-order valence-electron chi connectivity index (χ0n) is 16.1. The Morgan fingerprint density at radius 2 is 1.85 bits per heavy atom. The molecule has 6 heteroatoms. The van der Waals surface area contributed by atoms with E-state index in [0.717, 1.165) is 22.5 Å². The van der Waals surface area contributed by atoms with Gasteiger partial charge in [0.2, 0.25) is 5.91 Å². The second kappa shape index (κ2) is 8.03. The summed E-state index contributed by atoms with van der Waals surface area (Å²) in [6.07, 6.45) is 0.426. The van der Waals surface area contributed by atoms with Crippen LogP contribution in [0.3, 0.4) is 0 Å². The number of nitrogens with zero attached hydrogens (tertiary/aromatic N) is 3. The lowest BCUT2D eigenvalue weighted by atomic mass is 10.1. The van der Waals surface area contributed by atoms with Crippen LogP contribution in [0.15, 0.2) is 48.5 Å². The Morgan fingerprint density at radius 3 is 2.48 bits per heavy atom. The number of aryl methyl sites for hydroxylation is 1. The summed E-state index contributed by atoms with van der Waals surface area (Å²) in [7, 11) is 0. The van der Waals surface area contributed by atoms with Gasteiger partial charge in [-0.1, -0.05) is 31.2 Å². The summed E-state index contributed by atoms with van der Waals surface area (Å²) in [6.45, 7) is 7.75. The van der Waals surface area contributed by atoms with E-state index in [0.29, 0.717) is 18.3 Å². The standard InChI is InChI=1S/C21H24N4O2/c1-5-19(26)22-16-10-12-17(13-11-16)25-20(18-9-7-6-8-15(18)4)23-21(24-25)27-14(2)3/h6-14H,5H2,1-4H3,(H,22,26). The van der Waals surface area contributed by atoms with E-state index in [9.17, 15) is 4.79 Å². The number of amides is 1. The Hall–Kier alpha value is -3.15. The average molecular weight is 364 g/mol. The van der Waals surface area contributed by atoms with Crippen LogP contribution in [0.2, 0.25) is 0 Å². The molecule has 140 valence electrons. The number of hydrogen-bond acceptors (Lipinski definition) is 4. The molecule has 0 aliphatic heterocycles. The summed E-state index contributed by atoms with van der Waals surface area (Å²) < 4.78 is 7.48. The van der Waals surface area contributed by atoms with Crippen molar-refractivity contribution in [2.24, 2.45) is 0 Å². The number of rotatable bonds is 6. The molecule has 3 rings (SSSR count). The number of carbonyl (C=O) groups is 1. The quantitative estimate of drug-likeness (QED) is 0.705. The molecule has 3 aromatic rings. The van der Waals surface area contributed by atoms with Crippen molar-refractivity contribution >= 4 is 11.6 Å². The lowest BCUT2D eigenvalue weighted by Gasteiger charge is -2.09. The summed E-state index contributed by atoms with van der Waals surface area (Å²) >= 11 is 0. The van der Waals surface area contributed by atoms with Gasteiger partial charge < -0.3 is 10.1 Å². The van der Waals surface area contributed by atoms with Gasteiger partial charge in [0.25, 0.3) is 0 Å². The number of hydrogen-bond donors (Lipinski definition) is 1. The van der Waals surface area contributed by atoms with Gasteiger partial charge in [-0.15, -0.1) is 5.10 Å². The molecule has 1 amide bonds. The van der Waals surface area contributed by atoms with Gasteiger partial charge in [-0.3, -0.25) is 4.79 Å². The van der Waals surface area contributed by atoms with Gasteiger partial charge in [0.15, 0.2) is 5.82 Å². The fraction of sp³-hybridized carbons (Fsp3) is 0.286. The van der Waals surface area contributed by atoms with Crippen LogP contribution in [0.4, 0.5) is 5.69 Å². The van der Waals surface area contributed by atoms with Gasteiger partial charge in [0.1, 0.15) is 0 Å². The maximum atomic E-state index is 11.6. The molecule has 0 saturated carbocycles. The summed E-state index contributed by atoms with van der Waals surface area (Å²) in [5.41, 5.74) is 3.69. The van der Waals surface area contributed by atoms with Gasteiger partial charge in [0, 0.05) is 17.7 Å². The largest absolute Gasteiger partial charge is 0.460 e. The Bertz CT molecular complexity index is 930. The Labute approximate surface area is 159 Å². The van der Waals surface area contributed by atoms with E-state index < -0.39 is 0 Å². The minimum absolute atomic E-state index is 0.0165. The molecule has 0 radical (unpaired) electrons. The predicted molar refractivity (Wildman–Crippen MR) is 106 cm³/mol. The number of aromatic nitrogens is 3. The Kier molecular flexibility index (Phi) is 5.54. The summed E-state index contributed by atoms with van der Waals surface area (Å²) in [5.74, 6) is 0.700. The molecule has 0 unspecified atom stereocenters. The third kappa shape index (κ3) is 4.34. The molecule has 0 aliphatic rings. The monoisotopic (exact) mass is 364 g/mol. The molecule has 1 N–H and O–H groups in total. The first-order valence-corrected chi connectivity index (χ1v) is 9.08. The van der Waals surface area contributed by atoms with Crippen LogP contribution >= 0.6 is 0 Å². The van der Waals surface area contributed by atoms with Crippen molar-refractivity contribution in [3.63, 3.8) is 0 Å². The third-order valence-corrected chi connectivity index (χ3v) is 4.03. The van der Waals surface area contributed by atoms with E-state index in [1.54, 1.807) is 4.68 Å². The van der Waals surface area contributed by atoms with Gasteiger partial charge in [0.05, 0.1) is 11.8 Å². The molecule has 6 nitrogen and oxygen atoms in total. The molecule has 0 spiro atoms. The minimum atomic E-state index is -0.0169. The molecule has 0 fully saturated rings. The highest BCUT2D eigenvalue weighted by molar-refractivity contribution is 5.90. The third-order valence-electron chi connectivity index (χ3n) is 4.03. The van der Waals surface area contributed by atoms with E-state index in [4.69, 9.17) is 4.74 Å². The molecule has 0 bridgehead atoms. The summed E-state index contributed by atoms with van der Waals surface area (Å²) in [4.78, 5) is 16.2. The van der Waals surface area contributed by atoms with Crippen LogP contribution in [0.25, 0.3) is 17.1 Å². The maximum absolute atomic E-state index is 11.6. The number of nitrogens with one attached hydrogen (secondary N) is 1. The second-order valence-electron chi connectivity index (χ2n) is 6.56. The topological polar surface area (TPSA) is 69.0 Å². The summed E-state index contributed by atoms with van der Waals surface area (Å²) in [6, 6.07) is 15.9. The van der Waals surface area contributed by atoms with E-state index in [1.807, 2.05) is 76.2 Å². The lowest BCUT2D eigenvalue weighted by molar-refractivity contribution is -0.115. The van der Waals surface area contributed by atoms with Crippen LogP contribution in [0.5, 0.6) is 6.01 Å². The smallest absolute Gasteiger partial charge is 0.336 e. The first kappa shape index (κ1) is 18.6. The van der Waals surface area contributed by atoms with E-state index in [2.05, 4.69) is 15.4 Å². The predicted octanol–water partition coefficient (Wildman–Crippen LogP) is 4.38. The number of ether oxygens (including phenoxy) is 1. The van der Waals surface area contributed by atoms with Gasteiger partial charge in [-0.2, -0.15) is 4.98 Å². The first-order chi connectivity index (χ1) is 13.0. The fourth-order valence-electron chi connectivity index (χ4n) is 2.67. The van der Waals surface area contributed by atoms with Crippen molar-refractivity contribution in [3.05, 3.63) is 54.1 Å². The van der Waals surface area contributed by atoms with Crippen LogP contribution in [0, 0.1) is 6.92 Å². The van der Waals surface area contributed by atoms with Gasteiger partial charge in [-0.05, 0) is 50.6 Å².